The minimum absolute atomic E-state index is 0.0174. The Morgan fingerprint density at radius 3 is 2.34 bits per heavy atom. The van der Waals surface area contributed by atoms with Crippen LogP contribution in [0.3, 0.4) is 0 Å². The summed E-state index contributed by atoms with van der Waals surface area (Å²) < 4.78 is 42.4. The van der Waals surface area contributed by atoms with Gasteiger partial charge in [-0.15, -0.1) is 0 Å². The first-order valence-electron chi connectivity index (χ1n) is 12.8. The SMILES string of the molecule is CC(C)(C)NS(=O)(=O)c1cc(F)cc(NC(=O)c2ncc(NC(C)(C)CO)nc2N2CCC3(CC2)CC3)c1. The Morgan fingerprint density at radius 1 is 1.11 bits per heavy atom. The van der Waals surface area contributed by atoms with Crippen LogP contribution in [0, 0.1) is 11.2 Å². The minimum Gasteiger partial charge on any atom is -0.394 e. The summed E-state index contributed by atoms with van der Waals surface area (Å²) in [7, 11) is -4.03. The lowest BCUT2D eigenvalue weighted by Gasteiger charge is -2.34. The molecule has 1 aliphatic carbocycles. The van der Waals surface area contributed by atoms with Gasteiger partial charge in [0.2, 0.25) is 10.0 Å². The average Bonchev–Trinajstić information content (AvgIpc) is 3.56. The molecule has 0 unspecified atom stereocenters. The summed E-state index contributed by atoms with van der Waals surface area (Å²) in [5.41, 5.74) is -0.986. The highest BCUT2D eigenvalue weighted by atomic mass is 32.2. The van der Waals surface area contributed by atoms with E-state index >= 15 is 0 Å². The van der Waals surface area contributed by atoms with E-state index in [2.05, 4.69) is 25.3 Å². The molecule has 10 nitrogen and oxygen atoms in total. The molecular formula is C26H37FN6O4S. The van der Waals surface area contributed by atoms with Gasteiger partial charge in [-0.3, -0.25) is 4.79 Å². The highest BCUT2D eigenvalue weighted by molar-refractivity contribution is 7.89. The van der Waals surface area contributed by atoms with E-state index in [-0.39, 0.29) is 22.9 Å². The van der Waals surface area contributed by atoms with Crippen LogP contribution in [-0.4, -0.2) is 60.2 Å². The van der Waals surface area contributed by atoms with E-state index in [9.17, 15) is 22.7 Å². The zero-order valence-electron chi connectivity index (χ0n) is 22.6. The van der Waals surface area contributed by atoms with Gasteiger partial charge in [-0.25, -0.2) is 27.5 Å². The summed E-state index contributed by atoms with van der Waals surface area (Å²) in [5.74, 6) is -0.644. The standard InChI is InChI=1S/C26H37FN6O4S/c1-24(2,3)32-38(36,37)19-13-17(27)12-18(14-19)29-23(35)21-22(33-10-8-26(6-7-26)9-11-33)30-20(15-28-21)31-25(4,5)16-34/h12-15,32,34H,6-11,16H2,1-5H3,(H,29,35)(H,30,31). The van der Waals surface area contributed by atoms with Crippen LogP contribution in [0.4, 0.5) is 21.7 Å². The lowest BCUT2D eigenvalue weighted by molar-refractivity contribution is 0.102. The Balaban J connectivity index is 1.63. The predicted octanol–water partition coefficient (Wildman–Crippen LogP) is 3.51. The van der Waals surface area contributed by atoms with Crippen molar-refractivity contribution in [2.24, 2.45) is 5.41 Å². The molecule has 0 bridgehead atoms. The molecule has 2 aromatic rings. The van der Waals surface area contributed by atoms with Crippen LogP contribution in [0.5, 0.6) is 0 Å². The third kappa shape index (κ3) is 6.78. The van der Waals surface area contributed by atoms with Gasteiger partial charge in [-0.1, -0.05) is 0 Å². The fourth-order valence-corrected chi connectivity index (χ4v) is 5.99. The van der Waals surface area contributed by atoms with Gasteiger partial charge < -0.3 is 20.6 Å². The molecule has 1 spiro atoms. The molecule has 1 saturated heterocycles. The van der Waals surface area contributed by atoms with Crippen molar-refractivity contribution in [3.63, 3.8) is 0 Å². The fourth-order valence-electron chi connectivity index (χ4n) is 4.52. The maximum atomic E-state index is 14.4. The Labute approximate surface area is 223 Å². The van der Waals surface area contributed by atoms with E-state index in [1.807, 2.05) is 18.7 Å². The summed E-state index contributed by atoms with van der Waals surface area (Å²) in [5, 5.41) is 15.4. The lowest BCUT2D eigenvalue weighted by Crippen LogP contribution is -2.40. The smallest absolute Gasteiger partial charge is 0.278 e. The number of carbonyl (C=O) groups excluding carboxylic acids is 1. The van der Waals surface area contributed by atoms with Crippen LogP contribution in [0.25, 0.3) is 0 Å². The Morgan fingerprint density at radius 2 is 1.76 bits per heavy atom. The number of aliphatic hydroxyl groups is 1. The first kappa shape index (κ1) is 28.2. The van der Waals surface area contributed by atoms with Crippen molar-refractivity contribution in [1.82, 2.24) is 14.7 Å². The topological polar surface area (TPSA) is 137 Å². The van der Waals surface area contributed by atoms with E-state index in [1.165, 1.54) is 25.1 Å². The molecule has 2 heterocycles. The van der Waals surface area contributed by atoms with Crippen molar-refractivity contribution in [3.8, 4) is 0 Å². The normalized spacial score (nSPS) is 17.4. The number of nitrogens with zero attached hydrogens (tertiary/aromatic N) is 3. The number of anilines is 3. The first-order chi connectivity index (χ1) is 17.6. The molecule has 1 aromatic carbocycles. The zero-order valence-corrected chi connectivity index (χ0v) is 23.4. The van der Waals surface area contributed by atoms with E-state index < -0.39 is 32.8 Å². The van der Waals surface area contributed by atoms with Crippen molar-refractivity contribution in [1.29, 1.82) is 0 Å². The second-order valence-electron chi connectivity index (χ2n) is 12.1. The molecular weight excluding hydrogens is 511 g/mol. The zero-order chi connectivity index (χ0) is 27.9. The lowest BCUT2D eigenvalue weighted by atomic mass is 9.93. The quantitative estimate of drug-likeness (QED) is 0.394. The summed E-state index contributed by atoms with van der Waals surface area (Å²) in [6.45, 7) is 9.99. The van der Waals surface area contributed by atoms with Crippen LogP contribution >= 0.6 is 0 Å². The number of piperidine rings is 1. The van der Waals surface area contributed by atoms with Gasteiger partial charge in [-0.05, 0) is 83.9 Å². The van der Waals surface area contributed by atoms with Crippen LogP contribution in [-0.2, 0) is 10.0 Å². The van der Waals surface area contributed by atoms with Crippen molar-refractivity contribution >= 4 is 33.3 Å². The number of nitrogens with one attached hydrogen (secondary N) is 3. The molecule has 4 rings (SSSR count). The number of aliphatic hydroxyl groups excluding tert-OH is 1. The molecule has 208 valence electrons. The molecule has 1 aromatic heterocycles. The predicted molar refractivity (Wildman–Crippen MR) is 144 cm³/mol. The summed E-state index contributed by atoms with van der Waals surface area (Å²) in [6, 6.07) is 3.16. The molecule has 2 fully saturated rings. The van der Waals surface area contributed by atoms with Crippen LogP contribution in [0.15, 0.2) is 29.3 Å². The monoisotopic (exact) mass is 548 g/mol. The molecule has 0 radical (unpaired) electrons. The molecule has 4 N–H and O–H groups in total. The number of benzene rings is 1. The molecule has 2 aliphatic rings. The van der Waals surface area contributed by atoms with E-state index in [1.54, 1.807) is 20.8 Å². The van der Waals surface area contributed by atoms with Gasteiger partial charge in [0, 0.05) is 24.3 Å². The van der Waals surface area contributed by atoms with E-state index in [0.29, 0.717) is 17.1 Å². The van der Waals surface area contributed by atoms with Gasteiger partial charge in [0.1, 0.15) is 11.6 Å². The molecule has 1 saturated carbocycles. The van der Waals surface area contributed by atoms with Crippen LogP contribution < -0.4 is 20.3 Å². The molecule has 1 aliphatic heterocycles. The number of hydrogen-bond acceptors (Lipinski definition) is 8. The van der Waals surface area contributed by atoms with Crippen molar-refractivity contribution in [2.45, 2.75) is 76.3 Å². The van der Waals surface area contributed by atoms with Gasteiger partial charge in [0.05, 0.1) is 23.2 Å². The third-order valence-electron chi connectivity index (χ3n) is 6.79. The maximum Gasteiger partial charge on any atom is 0.278 e. The molecule has 38 heavy (non-hydrogen) atoms. The molecule has 1 amide bonds. The van der Waals surface area contributed by atoms with Gasteiger partial charge in [0.15, 0.2) is 11.5 Å². The van der Waals surface area contributed by atoms with E-state index in [4.69, 9.17) is 0 Å². The number of hydrogen-bond donors (Lipinski definition) is 4. The highest BCUT2D eigenvalue weighted by Gasteiger charge is 2.45. The number of halogens is 1. The first-order valence-corrected chi connectivity index (χ1v) is 14.3. The number of aromatic nitrogens is 2. The van der Waals surface area contributed by atoms with E-state index in [0.717, 1.165) is 38.1 Å². The number of amides is 1. The second kappa shape index (κ2) is 10.0. The number of rotatable bonds is 8. The Kier molecular flexibility index (Phi) is 7.45. The maximum absolute atomic E-state index is 14.4. The highest BCUT2D eigenvalue weighted by Crippen LogP contribution is 2.54. The van der Waals surface area contributed by atoms with Crippen molar-refractivity contribution in [3.05, 3.63) is 35.9 Å². The minimum atomic E-state index is -4.03. The molecule has 12 heteroatoms. The largest absolute Gasteiger partial charge is 0.394 e. The third-order valence-corrected chi connectivity index (χ3v) is 8.53. The number of carbonyl (C=O) groups is 1. The number of sulfonamides is 1. The van der Waals surface area contributed by atoms with Crippen molar-refractivity contribution < 1.29 is 22.7 Å². The Hall–Kier alpha value is -2.83. The van der Waals surface area contributed by atoms with Crippen LogP contribution in [0.2, 0.25) is 0 Å². The Bertz CT molecular complexity index is 1310. The second-order valence-corrected chi connectivity index (χ2v) is 13.7. The summed E-state index contributed by atoms with van der Waals surface area (Å²) >= 11 is 0. The van der Waals surface area contributed by atoms with Gasteiger partial charge in [0.25, 0.3) is 5.91 Å². The van der Waals surface area contributed by atoms with Crippen LogP contribution in [0.1, 0.15) is 70.8 Å². The fraction of sp³-hybridized carbons (Fsp3) is 0.577. The summed E-state index contributed by atoms with van der Waals surface area (Å²) in [4.78, 5) is 24.2. The average molecular weight is 549 g/mol. The summed E-state index contributed by atoms with van der Waals surface area (Å²) in [6.07, 6.45) is 5.86. The molecule has 0 atom stereocenters. The van der Waals surface area contributed by atoms with Gasteiger partial charge in [-0.2, -0.15) is 0 Å². The van der Waals surface area contributed by atoms with Gasteiger partial charge >= 0.3 is 0 Å². The van der Waals surface area contributed by atoms with Crippen molar-refractivity contribution in [2.75, 3.05) is 35.2 Å².